The summed E-state index contributed by atoms with van der Waals surface area (Å²) in [7, 11) is 1.75. The van der Waals surface area contributed by atoms with Crippen LogP contribution in [0, 0.1) is 0 Å². The van der Waals surface area contributed by atoms with Gasteiger partial charge in [-0.05, 0) is 24.9 Å². The number of piperidine rings is 1. The van der Waals surface area contributed by atoms with Gasteiger partial charge >= 0.3 is 0 Å². The number of rotatable bonds is 6. The minimum Gasteiger partial charge on any atom is -0.383 e. The Hall–Kier alpha value is -0.900. The molecule has 1 aliphatic rings. The average Bonchev–Trinajstić information content (AvgIpc) is 2.41. The Labute approximate surface area is 110 Å². The molecule has 0 radical (unpaired) electrons. The highest BCUT2D eigenvalue weighted by Crippen LogP contribution is 2.13. The summed E-state index contributed by atoms with van der Waals surface area (Å²) < 4.78 is 5.08. The number of hydrogen-bond acceptors (Lipinski definition) is 3. The Kier molecular flexibility index (Phi) is 5.65. The van der Waals surface area contributed by atoms with Gasteiger partial charge in [0.15, 0.2) is 0 Å². The van der Waals surface area contributed by atoms with Crippen LogP contribution >= 0.6 is 0 Å². The molecule has 1 atom stereocenters. The highest BCUT2D eigenvalue weighted by Gasteiger charge is 2.18. The number of nitrogens with one attached hydrogen (secondary N) is 1. The maximum atomic E-state index is 5.08. The zero-order chi connectivity index (χ0) is 12.6. The van der Waals surface area contributed by atoms with Gasteiger partial charge < -0.3 is 10.1 Å². The molecule has 2 rings (SSSR count). The molecule has 0 aliphatic carbocycles. The highest BCUT2D eigenvalue weighted by molar-refractivity contribution is 5.14. The quantitative estimate of drug-likeness (QED) is 0.778. The smallest absolute Gasteiger partial charge is 0.0587 e. The highest BCUT2D eigenvalue weighted by atomic mass is 16.5. The number of nitrogens with zero attached hydrogens (tertiary/aromatic N) is 1. The van der Waals surface area contributed by atoms with Crippen LogP contribution in [0.15, 0.2) is 30.3 Å². The molecule has 1 aromatic rings. The Morgan fingerprint density at radius 1 is 1.33 bits per heavy atom. The topological polar surface area (TPSA) is 24.5 Å². The van der Waals surface area contributed by atoms with Gasteiger partial charge in [-0.1, -0.05) is 30.3 Å². The molecular formula is C15H24N2O. The van der Waals surface area contributed by atoms with E-state index in [0.29, 0.717) is 6.04 Å². The first-order valence-corrected chi connectivity index (χ1v) is 6.87. The third-order valence-electron chi connectivity index (χ3n) is 3.49. The van der Waals surface area contributed by atoms with Crippen molar-refractivity contribution in [1.82, 2.24) is 10.2 Å². The molecule has 0 bridgehead atoms. The van der Waals surface area contributed by atoms with Crippen molar-refractivity contribution in [2.75, 3.05) is 33.4 Å². The van der Waals surface area contributed by atoms with Crippen molar-refractivity contribution in [2.45, 2.75) is 25.4 Å². The Bertz CT molecular complexity index is 329. The molecule has 1 saturated heterocycles. The van der Waals surface area contributed by atoms with Gasteiger partial charge in [0.05, 0.1) is 6.61 Å². The first-order chi connectivity index (χ1) is 8.88. The first kappa shape index (κ1) is 13.5. The van der Waals surface area contributed by atoms with Crippen molar-refractivity contribution < 1.29 is 4.74 Å². The number of methoxy groups -OCH3 is 1. The van der Waals surface area contributed by atoms with Gasteiger partial charge in [-0.2, -0.15) is 0 Å². The average molecular weight is 248 g/mol. The summed E-state index contributed by atoms with van der Waals surface area (Å²) in [5.74, 6) is 0. The van der Waals surface area contributed by atoms with Crippen LogP contribution in [0.2, 0.25) is 0 Å². The fraction of sp³-hybridized carbons (Fsp3) is 0.600. The lowest BCUT2D eigenvalue weighted by Gasteiger charge is -2.33. The largest absolute Gasteiger partial charge is 0.383 e. The minimum absolute atomic E-state index is 0.623. The van der Waals surface area contributed by atoms with Gasteiger partial charge in [-0.25, -0.2) is 0 Å². The summed E-state index contributed by atoms with van der Waals surface area (Å²) in [4.78, 5) is 2.54. The van der Waals surface area contributed by atoms with E-state index in [4.69, 9.17) is 4.74 Å². The van der Waals surface area contributed by atoms with Crippen molar-refractivity contribution in [1.29, 1.82) is 0 Å². The van der Waals surface area contributed by atoms with E-state index < -0.39 is 0 Å². The summed E-state index contributed by atoms with van der Waals surface area (Å²) in [6.45, 7) is 5.20. The SMILES string of the molecule is COCCN[C@@H]1CCCN(Cc2ccccc2)C1. The summed E-state index contributed by atoms with van der Waals surface area (Å²) >= 11 is 0. The van der Waals surface area contributed by atoms with Crippen LogP contribution in [-0.4, -0.2) is 44.3 Å². The lowest BCUT2D eigenvalue weighted by atomic mass is 10.0. The molecule has 0 aromatic heterocycles. The van der Waals surface area contributed by atoms with E-state index in [2.05, 4.69) is 40.5 Å². The summed E-state index contributed by atoms with van der Waals surface area (Å²) in [5, 5.41) is 3.57. The van der Waals surface area contributed by atoms with Crippen LogP contribution in [0.4, 0.5) is 0 Å². The van der Waals surface area contributed by atoms with Crippen molar-refractivity contribution in [3.63, 3.8) is 0 Å². The zero-order valence-corrected chi connectivity index (χ0v) is 11.3. The number of ether oxygens (including phenoxy) is 1. The van der Waals surface area contributed by atoms with Crippen LogP contribution in [0.5, 0.6) is 0 Å². The first-order valence-electron chi connectivity index (χ1n) is 6.87. The fourth-order valence-electron chi connectivity index (χ4n) is 2.57. The third kappa shape index (κ3) is 4.41. The molecule has 3 nitrogen and oxygen atoms in total. The van der Waals surface area contributed by atoms with Gasteiger partial charge in [0.2, 0.25) is 0 Å². The summed E-state index contributed by atoms with van der Waals surface area (Å²) in [6, 6.07) is 11.4. The lowest BCUT2D eigenvalue weighted by molar-refractivity contribution is 0.162. The second-order valence-corrected chi connectivity index (χ2v) is 5.01. The third-order valence-corrected chi connectivity index (χ3v) is 3.49. The van der Waals surface area contributed by atoms with Crippen LogP contribution in [-0.2, 0) is 11.3 Å². The van der Waals surface area contributed by atoms with E-state index in [1.165, 1.54) is 24.9 Å². The summed E-state index contributed by atoms with van der Waals surface area (Å²) in [5.41, 5.74) is 1.41. The molecule has 1 heterocycles. The Morgan fingerprint density at radius 2 is 2.17 bits per heavy atom. The molecular weight excluding hydrogens is 224 g/mol. The molecule has 3 heteroatoms. The molecule has 1 aromatic carbocycles. The van der Waals surface area contributed by atoms with Crippen molar-refractivity contribution in [3.8, 4) is 0 Å². The van der Waals surface area contributed by atoms with E-state index >= 15 is 0 Å². The maximum Gasteiger partial charge on any atom is 0.0587 e. The molecule has 1 N–H and O–H groups in total. The van der Waals surface area contributed by atoms with Crippen LogP contribution < -0.4 is 5.32 Å². The van der Waals surface area contributed by atoms with E-state index in [9.17, 15) is 0 Å². The number of hydrogen-bond donors (Lipinski definition) is 1. The second-order valence-electron chi connectivity index (χ2n) is 5.01. The van der Waals surface area contributed by atoms with Crippen LogP contribution in [0.1, 0.15) is 18.4 Å². The predicted octanol–water partition coefficient (Wildman–Crippen LogP) is 1.89. The van der Waals surface area contributed by atoms with E-state index in [1.54, 1.807) is 7.11 Å². The number of likely N-dealkylation sites (tertiary alicyclic amines) is 1. The Morgan fingerprint density at radius 3 is 2.94 bits per heavy atom. The predicted molar refractivity (Wildman–Crippen MR) is 74.6 cm³/mol. The molecule has 18 heavy (non-hydrogen) atoms. The van der Waals surface area contributed by atoms with Gasteiger partial charge in [0.1, 0.15) is 0 Å². The Balaban J connectivity index is 1.76. The normalized spacial score (nSPS) is 21.1. The van der Waals surface area contributed by atoms with Gasteiger partial charge in [0.25, 0.3) is 0 Å². The second kappa shape index (κ2) is 7.52. The van der Waals surface area contributed by atoms with Crippen molar-refractivity contribution in [2.24, 2.45) is 0 Å². The summed E-state index contributed by atoms with van der Waals surface area (Å²) in [6.07, 6.45) is 2.58. The van der Waals surface area contributed by atoms with Crippen LogP contribution in [0.25, 0.3) is 0 Å². The lowest BCUT2D eigenvalue weighted by Crippen LogP contribution is -2.46. The van der Waals surface area contributed by atoms with Gasteiger partial charge in [0, 0.05) is 32.8 Å². The molecule has 1 fully saturated rings. The molecule has 0 saturated carbocycles. The molecule has 0 spiro atoms. The van der Waals surface area contributed by atoms with Gasteiger partial charge in [-0.3, -0.25) is 4.90 Å². The van der Waals surface area contributed by atoms with Crippen molar-refractivity contribution >= 4 is 0 Å². The zero-order valence-electron chi connectivity index (χ0n) is 11.3. The molecule has 1 aliphatic heterocycles. The molecule has 100 valence electrons. The van der Waals surface area contributed by atoms with Crippen LogP contribution in [0.3, 0.4) is 0 Å². The maximum absolute atomic E-state index is 5.08. The van der Waals surface area contributed by atoms with Gasteiger partial charge in [-0.15, -0.1) is 0 Å². The monoisotopic (exact) mass is 248 g/mol. The molecule has 0 unspecified atom stereocenters. The number of benzene rings is 1. The van der Waals surface area contributed by atoms with E-state index in [-0.39, 0.29) is 0 Å². The fourth-order valence-corrected chi connectivity index (χ4v) is 2.57. The van der Waals surface area contributed by atoms with Crippen molar-refractivity contribution in [3.05, 3.63) is 35.9 Å². The molecule has 0 amide bonds. The van der Waals surface area contributed by atoms with E-state index in [1.807, 2.05) is 0 Å². The minimum atomic E-state index is 0.623. The van der Waals surface area contributed by atoms with E-state index in [0.717, 1.165) is 26.2 Å². The standard InChI is InChI=1S/C15H24N2O/c1-18-11-9-16-15-8-5-10-17(13-15)12-14-6-3-2-4-7-14/h2-4,6-7,15-16H,5,8-13H2,1H3/t15-/m1/s1.